The third-order valence-electron chi connectivity index (χ3n) is 4.62. The second kappa shape index (κ2) is 9.21. The van der Waals surface area contributed by atoms with Gasteiger partial charge in [0, 0.05) is 37.0 Å². The van der Waals surface area contributed by atoms with Gasteiger partial charge < -0.3 is 20.3 Å². The first-order valence-electron chi connectivity index (χ1n) is 9.53. The molecule has 1 aliphatic rings. The molecule has 1 aliphatic heterocycles. The molecule has 8 nitrogen and oxygen atoms in total. The minimum absolute atomic E-state index is 0.0487. The molecule has 1 saturated heterocycles. The number of ether oxygens (including phenoxy) is 1. The van der Waals surface area contributed by atoms with Gasteiger partial charge in [0.2, 0.25) is 11.8 Å². The molecular formula is C22H23N3O5. The van der Waals surface area contributed by atoms with Crippen molar-refractivity contribution in [2.75, 3.05) is 28.7 Å². The van der Waals surface area contributed by atoms with E-state index in [2.05, 4.69) is 10.6 Å². The van der Waals surface area contributed by atoms with E-state index >= 15 is 0 Å². The highest BCUT2D eigenvalue weighted by Crippen LogP contribution is 2.26. The lowest BCUT2D eigenvalue weighted by atomic mass is 10.1. The van der Waals surface area contributed by atoms with E-state index in [-0.39, 0.29) is 24.8 Å². The number of anilines is 3. The molecule has 156 valence electrons. The number of nitrogens with zero attached hydrogens (tertiary/aromatic N) is 1. The van der Waals surface area contributed by atoms with Crippen LogP contribution in [0.2, 0.25) is 0 Å². The summed E-state index contributed by atoms with van der Waals surface area (Å²) in [5.74, 6) is -2.09. The van der Waals surface area contributed by atoms with Crippen LogP contribution in [0.15, 0.2) is 48.5 Å². The fourth-order valence-corrected chi connectivity index (χ4v) is 3.17. The van der Waals surface area contributed by atoms with E-state index in [0.29, 0.717) is 11.4 Å². The van der Waals surface area contributed by atoms with Crippen molar-refractivity contribution in [1.82, 2.24) is 0 Å². The number of esters is 1. The number of aryl methyl sites for hydroxylation is 1. The molecule has 30 heavy (non-hydrogen) atoms. The monoisotopic (exact) mass is 409 g/mol. The Morgan fingerprint density at radius 2 is 1.73 bits per heavy atom. The maximum Gasteiger partial charge on any atom is 0.311 e. The molecule has 3 rings (SSSR count). The fourth-order valence-electron chi connectivity index (χ4n) is 3.17. The molecule has 1 heterocycles. The van der Waals surface area contributed by atoms with Crippen LogP contribution in [0.1, 0.15) is 18.9 Å². The van der Waals surface area contributed by atoms with Crippen molar-refractivity contribution >= 4 is 40.8 Å². The van der Waals surface area contributed by atoms with Gasteiger partial charge >= 0.3 is 5.97 Å². The number of hydrogen-bond donors (Lipinski definition) is 2. The number of carbonyl (C=O) groups is 4. The molecule has 0 aromatic heterocycles. The van der Waals surface area contributed by atoms with E-state index in [0.717, 1.165) is 11.3 Å². The van der Waals surface area contributed by atoms with Crippen LogP contribution in [0.25, 0.3) is 0 Å². The summed E-state index contributed by atoms with van der Waals surface area (Å²) < 4.78 is 5.11. The molecule has 0 spiro atoms. The fraction of sp³-hybridized carbons (Fsp3) is 0.273. The van der Waals surface area contributed by atoms with Crippen molar-refractivity contribution in [1.29, 1.82) is 0 Å². The van der Waals surface area contributed by atoms with Crippen LogP contribution in [0.5, 0.6) is 0 Å². The topological polar surface area (TPSA) is 105 Å². The van der Waals surface area contributed by atoms with E-state index in [1.54, 1.807) is 29.2 Å². The number of rotatable bonds is 6. The molecule has 1 atom stereocenters. The summed E-state index contributed by atoms with van der Waals surface area (Å²) in [5.41, 5.74) is 2.81. The van der Waals surface area contributed by atoms with Crippen LogP contribution in [0.3, 0.4) is 0 Å². The van der Waals surface area contributed by atoms with Gasteiger partial charge in [-0.2, -0.15) is 0 Å². The summed E-state index contributed by atoms with van der Waals surface area (Å²) >= 11 is 0. The van der Waals surface area contributed by atoms with Crippen LogP contribution < -0.4 is 15.5 Å². The lowest BCUT2D eigenvalue weighted by Crippen LogP contribution is -2.28. The van der Waals surface area contributed by atoms with Crippen LogP contribution >= 0.6 is 0 Å². The highest BCUT2D eigenvalue weighted by molar-refractivity contribution is 6.00. The lowest BCUT2D eigenvalue weighted by molar-refractivity contribution is -0.151. The van der Waals surface area contributed by atoms with E-state index in [1.807, 2.05) is 31.2 Å². The van der Waals surface area contributed by atoms with Crippen LogP contribution in [0, 0.1) is 12.8 Å². The van der Waals surface area contributed by atoms with Gasteiger partial charge in [-0.15, -0.1) is 0 Å². The molecule has 0 bridgehead atoms. The summed E-state index contributed by atoms with van der Waals surface area (Å²) in [4.78, 5) is 49.4. The second-order valence-electron chi connectivity index (χ2n) is 7.16. The smallest absolute Gasteiger partial charge is 0.311 e. The standard InChI is InChI=1S/C22H23N3O5/c1-14-6-8-19(9-7-14)25-12-16(10-21(25)28)22(29)30-13-20(27)24-18-5-3-4-17(11-18)23-15(2)26/h3-9,11,16H,10,12-13H2,1-2H3,(H,23,26)(H,24,27)/t16-/m0/s1. The summed E-state index contributed by atoms with van der Waals surface area (Å²) in [5, 5.41) is 5.22. The van der Waals surface area contributed by atoms with Crippen LogP contribution in [0.4, 0.5) is 17.1 Å². The van der Waals surface area contributed by atoms with Crippen LogP contribution in [-0.4, -0.2) is 36.8 Å². The Labute approximate surface area is 174 Å². The Balaban J connectivity index is 1.50. The molecule has 0 aliphatic carbocycles. The summed E-state index contributed by atoms with van der Waals surface area (Å²) in [6.07, 6.45) is 0.0487. The first kappa shape index (κ1) is 21.0. The zero-order chi connectivity index (χ0) is 21.7. The summed E-state index contributed by atoms with van der Waals surface area (Å²) in [7, 11) is 0. The predicted octanol–water partition coefficient (Wildman–Crippen LogP) is 2.49. The zero-order valence-corrected chi connectivity index (χ0v) is 16.8. The first-order valence-corrected chi connectivity index (χ1v) is 9.53. The zero-order valence-electron chi connectivity index (χ0n) is 16.8. The quantitative estimate of drug-likeness (QED) is 0.714. The van der Waals surface area contributed by atoms with Crippen molar-refractivity contribution in [3.05, 3.63) is 54.1 Å². The Morgan fingerprint density at radius 1 is 1.07 bits per heavy atom. The molecule has 8 heteroatoms. The largest absolute Gasteiger partial charge is 0.455 e. The third kappa shape index (κ3) is 5.44. The van der Waals surface area contributed by atoms with Crippen LogP contribution in [-0.2, 0) is 23.9 Å². The van der Waals surface area contributed by atoms with E-state index < -0.39 is 24.4 Å². The molecule has 0 radical (unpaired) electrons. The number of nitrogens with one attached hydrogen (secondary N) is 2. The lowest BCUT2D eigenvalue weighted by Gasteiger charge is -2.16. The van der Waals surface area contributed by atoms with Gasteiger partial charge in [-0.05, 0) is 37.3 Å². The first-order chi connectivity index (χ1) is 14.3. The van der Waals surface area contributed by atoms with E-state index in [1.165, 1.54) is 6.92 Å². The molecule has 0 unspecified atom stereocenters. The van der Waals surface area contributed by atoms with Crippen molar-refractivity contribution < 1.29 is 23.9 Å². The second-order valence-corrected chi connectivity index (χ2v) is 7.16. The number of carbonyl (C=O) groups excluding carboxylic acids is 4. The van der Waals surface area contributed by atoms with Gasteiger partial charge in [-0.1, -0.05) is 23.8 Å². The average molecular weight is 409 g/mol. The van der Waals surface area contributed by atoms with Crippen molar-refractivity contribution in [3.63, 3.8) is 0 Å². The normalized spacial score (nSPS) is 15.6. The van der Waals surface area contributed by atoms with Gasteiger partial charge in [0.1, 0.15) is 0 Å². The summed E-state index contributed by atoms with van der Waals surface area (Å²) in [6.45, 7) is 3.11. The molecule has 3 amide bonds. The van der Waals surface area contributed by atoms with Gasteiger partial charge in [0.15, 0.2) is 6.61 Å². The average Bonchev–Trinajstić information content (AvgIpc) is 3.08. The predicted molar refractivity (Wildman–Crippen MR) is 112 cm³/mol. The SMILES string of the molecule is CC(=O)Nc1cccc(NC(=O)COC(=O)[C@H]2CC(=O)N(c3ccc(C)cc3)C2)c1. The Hall–Kier alpha value is -3.68. The number of amides is 3. The van der Waals surface area contributed by atoms with Crippen molar-refractivity contribution in [2.45, 2.75) is 20.3 Å². The van der Waals surface area contributed by atoms with Crippen molar-refractivity contribution in [3.8, 4) is 0 Å². The summed E-state index contributed by atoms with van der Waals surface area (Å²) in [6, 6.07) is 14.1. The molecule has 2 aromatic carbocycles. The minimum atomic E-state index is -0.616. The molecule has 1 fully saturated rings. The number of benzene rings is 2. The van der Waals surface area contributed by atoms with Gasteiger partial charge in [-0.25, -0.2) is 0 Å². The maximum absolute atomic E-state index is 12.3. The minimum Gasteiger partial charge on any atom is -0.455 e. The van der Waals surface area contributed by atoms with Gasteiger partial charge in [-0.3, -0.25) is 19.2 Å². The highest BCUT2D eigenvalue weighted by atomic mass is 16.5. The maximum atomic E-state index is 12.3. The molecule has 2 aromatic rings. The van der Waals surface area contributed by atoms with Crippen molar-refractivity contribution in [2.24, 2.45) is 5.92 Å². The Kier molecular flexibility index (Phi) is 6.46. The van der Waals surface area contributed by atoms with E-state index in [9.17, 15) is 19.2 Å². The van der Waals surface area contributed by atoms with Gasteiger partial charge in [0.05, 0.1) is 5.92 Å². The Morgan fingerprint density at radius 3 is 2.40 bits per heavy atom. The molecular weight excluding hydrogens is 386 g/mol. The molecule has 0 saturated carbocycles. The van der Waals surface area contributed by atoms with Gasteiger partial charge in [0.25, 0.3) is 5.91 Å². The molecule has 2 N–H and O–H groups in total. The van der Waals surface area contributed by atoms with E-state index in [4.69, 9.17) is 4.74 Å². The number of hydrogen-bond acceptors (Lipinski definition) is 5. The third-order valence-corrected chi connectivity index (χ3v) is 4.62. The Bertz CT molecular complexity index is 971. The highest BCUT2D eigenvalue weighted by Gasteiger charge is 2.36.